The summed E-state index contributed by atoms with van der Waals surface area (Å²) >= 11 is 0. The molecule has 0 aliphatic carbocycles. The summed E-state index contributed by atoms with van der Waals surface area (Å²) in [6.45, 7) is 5.73. The number of nitrogens with two attached hydrogens (primary N) is 1. The molecule has 1 aliphatic rings. The molecule has 128 valence electrons. The van der Waals surface area contributed by atoms with Crippen molar-refractivity contribution in [3.05, 3.63) is 48.0 Å². The van der Waals surface area contributed by atoms with Gasteiger partial charge < -0.3 is 15.8 Å². The summed E-state index contributed by atoms with van der Waals surface area (Å²) in [5, 5.41) is 3.52. The normalized spacial score (nSPS) is 16.0. The van der Waals surface area contributed by atoms with Crippen molar-refractivity contribution in [2.24, 2.45) is 0 Å². The summed E-state index contributed by atoms with van der Waals surface area (Å²) in [5.74, 6) is 1.36. The molecule has 3 rings (SSSR count). The maximum absolute atomic E-state index is 5.88. The summed E-state index contributed by atoms with van der Waals surface area (Å²) in [5.41, 5.74) is 7.84. The third-order valence-electron chi connectivity index (χ3n) is 4.36. The highest BCUT2D eigenvalue weighted by Gasteiger charge is 2.19. The van der Waals surface area contributed by atoms with Crippen LogP contribution in [0.5, 0.6) is 5.88 Å². The molecule has 0 atom stereocenters. The molecule has 0 spiro atoms. The van der Waals surface area contributed by atoms with Crippen LogP contribution < -0.4 is 15.8 Å². The van der Waals surface area contributed by atoms with Crippen molar-refractivity contribution in [3.8, 4) is 5.88 Å². The Bertz CT molecular complexity index is 639. The van der Waals surface area contributed by atoms with Crippen molar-refractivity contribution >= 4 is 11.5 Å². The highest BCUT2D eigenvalue weighted by Crippen LogP contribution is 2.23. The summed E-state index contributed by atoms with van der Waals surface area (Å²) in [6, 6.07) is 14.9. The Morgan fingerprint density at radius 2 is 1.92 bits per heavy atom. The van der Waals surface area contributed by atoms with Gasteiger partial charge >= 0.3 is 0 Å². The van der Waals surface area contributed by atoms with Crippen LogP contribution in [0.15, 0.2) is 42.5 Å². The standard InChI is InChI=1S/C19H26N4O/c1-2-24-19-17(20)8-9-18(22-19)21-16-10-12-23(13-11-16)14-15-6-4-3-5-7-15/h3-9,16H,2,10-14,20H2,1H3,(H,21,22). The lowest BCUT2D eigenvalue weighted by Gasteiger charge is -2.32. The number of nitrogens with zero attached hydrogens (tertiary/aromatic N) is 2. The number of hydrogen-bond donors (Lipinski definition) is 2. The van der Waals surface area contributed by atoms with E-state index in [-0.39, 0.29) is 0 Å². The number of hydrogen-bond acceptors (Lipinski definition) is 5. The highest BCUT2D eigenvalue weighted by molar-refractivity contribution is 5.53. The smallest absolute Gasteiger partial charge is 0.239 e. The monoisotopic (exact) mass is 326 g/mol. The van der Waals surface area contributed by atoms with Gasteiger partial charge in [-0.2, -0.15) is 4.98 Å². The van der Waals surface area contributed by atoms with Crippen LogP contribution in [0, 0.1) is 0 Å². The fraction of sp³-hybridized carbons (Fsp3) is 0.421. The van der Waals surface area contributed by atoms with Gasteiger partial charge in [-0.15, -0.1) is 0 Å². The Kier molecular flexibility index (Phi) is 5.54. The van der Waals surface area contributed by atoms with E-state index in [1.807, 2.05) is 19.1 Å². The lowest BCUT2D eigenvalue weighted by Crippen LogP contribution is -2.38. The molecule has 0 bridgehead atoms. The minimum Gasteiger partial charge on any atom is -0.476 e. The molecule has 1 aromatic carbocycles. The van der Waals surface area contributed by atoms with Crippen molar-refractivity contribution in [2.75, 3.05) is 30.7 Å². The largest absolute Gasteiger partial charge is 0.476 e. The minimum atomic E-state index is 0.447. The lowest BCUT2D eigenvalue weighted by atomic mass is 10.0. The number of piperidine rings is 1. The predicted molar refractivity (Wildman–Crippen MR) is 98.2 cm³/mol. The van der Waals surface area contributed by atoms with Crippen molar-refractivity contribution in [2.45, 2.75) is 32.4 Å². The van der Waals surface area contributed by atoms with E-state index in [0.717, 1.165) is 38.3 Å². The predicted octanol–water partition coefficient (Wildman–Crippen LogP) is 3.14. The molecule has 1 aliphatic heterocycles. The van der Waals surface area contributed by atoms with Gasteiger partial charge in [-0.3, -0.25) is 4.90 Å². The molecule has 3 N–H and O–H groups in total. The molecule has 2 heterocycles. The third-order valence-corrected chi connectivity index (χ3v) is 4.36. The van der Waals surface area contributed by atoms with E-state index in [1.54, 1.807) is 0 Å². The number of benzene rings is 1. The third kappa shape index (κ3) is 4.38. The Balaban J connectivity index is 1.51. The van der Waals surface area contributed by atoms with Crippen LogP contribution in [-0.4, -0.2) is 35.6 Å². The minimum absolute atomic E-state index is 0.447. The fourth-order valence-electron chi connectivity index (χ4n) is 3.07. The van der Waals surface area contributed by atoms with Gasteiger partial charge in [0.25, 0.3) is 0 Å². The van der Waals surface area contributed by atoms with Crippen molar-refractivity contribution in [3.63, 3.8) is 0 Å². The zero-order chi connectivity index (χ0) is 16.8. The SMILES string of the molecule is CCOc1nc(NC2CCN(Cc3ccccc3)CC2)ccc1N. The summed E-state index contributed by atoms with van der Waals surface area (Å²) in [6.07, 6.45) is 2.23. The molecule has 5 heteroatoms. The number of pyridine rings is 1. The van der Waals surface area contributed by atoms with Gasteiger partial charge in [-0.1, -0.05) is 30.3 Å². The molecule has 0 saturated carbocycles. The van der Waals surface area contributed by atoms with Gasteiger partial charge in [0.15, 0.2) is 0 Å². The van der Waals surface area contributed by atoms with Gasteiger partial charge in [0.1, 0.15) is 5.82 Å². The van der Waals surface area contributed by atoms with E-state index in [0.29, 0.717) is 24.2 Å². The van der Waals surface area contributed by atoms with Crippen LogP contribution in [-0.2, 0) is 6.54 Å². The van der Waals surface area contributed by atoms with Gasteiger partial charge in [-0.05, 0) is 37.5 Å². The Hall–Kier alpha value is -2.27. The first-order valence-corrected chi connectivity index (χ1v) is 8.66. The fourth-order valence-corrected chi connectivity index (χ4v) is 3.07. The van der Waals surface area contributed by atoms with Gasteiger partial charge in [0.05, 0.1) is 12.3 Å². The number of nitrogens with one attached hydrogen (secondary N) is 1. The zero-order valence-corrected chi connectivity index (χ0v) is 14.2. The van der Waals surface area contributed by atoms with E-state index >= 15 is 0 Å². The topological polar surface area (TPSA) is 63.4 Å². The molecular weight excluding hydrogens is 300 g/mol. The van der Waals surface area contributed by atoms with Gasteiger partial charge in [-0.25, -0.2) is 0 Å². The first-order chi connectivity index (χ1) is 11.7. The van der Waals surface area contributed by atoms with Crippen molar-refractivity contribution in [1.82, 2.24) is 9.88 Å². The number of ether oxygens (including phenoxy) is 1. The van der Waals surface area contributed by atoms with E-state index in [9.17, 15) is 0 Å². The Morgan fingerprint density at radius 3 is 2.62 bits per heavy atom. The Labute approximate surface area is 143 Å². The maximum Gasteiger partial charge on any atom is 0.239 e. The van der Waals surface area contributed by atoms with E-state index in [1.165, 1.54) is 5.56 Å². The summed E-state index contributed by atoms with van der Waals surface area (Å²) in [4.78, 5) is 6.98. The van der Waals surface area contributed by atoms with Crippen LogP contribution in [0.1, 0.15) is 25.3 Å². The van der Waals surface area contributed by atoms with Crippen LogP contribution >= 0.6 is 0 Å². The second-order valence-corrected chi connectivity index (χ2v) is 6.20. The number of anilines is 2. The number of likely N-dealkylation sites (tertiary alicyclic amines) is 1. The van der Waals surface area contributed by atoms with Crippen LogP contribution in [0.25, 0.3) is 0 Å². The molecule has 0 unspecified atom stereocenters. The van der Waals surface area contributed by atoms with Crippen LogP contribution in [0.4, 0.5) is 11.5 Å². The first kappa shape index (κ1) is 16.6. The molecule has 1 aromatic heterocycles. The maximum atomic E-state index is 5.88. The lowest BCUT2D eigenvalue weighted by molar-refractivity contribution is 0.211. The average Bonchev–Trinajstić information content (AvgIpc) is 2.61. The summed E-state index contributed by atoms with van der Waals surface area (Å²) in [7, 11) is 0. The van der Waals surface area contributed by atoms with E-state index < -0.39 is 0 Å². The van der Waals surface area contributed by atoms with Gasteiger partial charge in [0.2, 0.25) is 5.88 Å². The van der Waals surface area contributed by atoms with Crippen molar-refractivity contribution < 1.29 is 4.74 Å². The number of aromatic nitrogens is 1. The Morgan fingerprint density at radius 1 is 1.17 bits per heavy atom. The van der Waals surface area contributed by atoms with E-state index in [4.69, 9.17) is 10.5 Å². The molecule has 2 aromatic rings. The number of rotatable bonds is 6. The molecule has 1 saturated heterocycles. The van der Waals surface area contributed by atoms with Crippen LogP contribution in [0.2, 0.25) is 0 Å². The molecule has 0 radical (unpaired) electrons. The molecule has 5 nitrogen and oxygen atoms in total. The average molecular weight is 326 g/mol. The second-order valence-electron chi connectivity index (χ2n) is 6.20. The zero-order valence-electron chi connectivity index (χ0n) is 14.2. The molecule has 1 fully saturated rings. The highest BCUT2D eigenvalue weighted by atomic mass is 16.5. The number of nitrogen functional groups attached to an aromatic ring is 1. The molecule has 0 amide bonds. The second kappa shape index (κ2) is 8.02. The quantitative estimate of drug-likeness (QED) is 0.854. The van der Waals surface area contributed by atoms with Crippen molar-refractivity contribution in [1.29, 1.82) is 0 Å². The van der Waals surface area contributed by atoms with Crippen LogP contribution in [0.3, 0.4) is 0 Å². The van der Waals surface area contributed by atoms with E-state index in [2.05, 4.69) is 45.5 Å². The molecular formula is C19H26N4O. The summed E-state index contributed by atoms with van der Waals surface area (Å²) < 4.78 is 5.47. The first-order valence-electron chi connectivity index (χ1n) is 8.66. The molecule has 24 heavy (non-hydrogen) atoms. The van der Waals surface area contributed by atoms with Gasteiger partial charge in [0, 0.05) is 25.7 Å².